The van der Waals surface area contributed by atoms with Crippen molar-refractivity contribution >= 4 is 11.8 Å². The van der Waals surface area contributed by atoms with E-state index in [1.807, 2.05) is 6.92 Å². The number of hydrogen-bond acceptors (Lipinski definition) is 2. The van der Waals surface area contributed by atoms with Crippen molar-refractivity contribution < 1.29 is 14.0 Å². The number of amides is 2. The SMILES string of the molecule is CCCC1C(=O)NC(=O)CC1c1ccccc1F. The fraction of sp³-hybridized carbons (Fsp3) is 0.429. The van der Waals surface area contributed by atoms with Crippen molar-refractivity contribution in [2.75, 3.05) is 0 Å². The van der Waals surface area contributed by atoms with Crippen molar-refractivity contribution in [3.8, 4) is 0 Å². The Balaban J connectivity index is 2.35. The van der Waals surface area contributed by atoms with Crippen LogP contribution in [-0.2, 0) is 9.59 Å². The van der Waals surface area contributed by atoms with E-state index in [0.29, 0.717) is 12.0 Å². The molecule has 3 nitrogen and oxygen atoms in total. The zero-order valence-corrected chi connectivity index (χ0v) is 10.3. The van der Waals surface area contributed by atoms with Crippen LogP contribution < -0.4 is 5.32 Å². The normalized spacial score (nSPS) is 23.9. The predicted molar refractivity (Wildman–Crippen MR) is 65.3 cm³/mol. The summed E-state index contributed by atoms with van der Waals surface area (Å²) in [4.78, 5) is 23.3. The molecular weight excluding hydrogens is 233 g/mol. The molecule has 0 saturated carbocycles. The van der Waals surface area contributed by atoms with Crippen molar-refractivity contribution in [3.63, 3.8) is 0 Å². The smallest absolute Gasteiger partial charge is 0.230 e. The zero-order chi connectivity index (χ0) is 13.1. The van der Waals surface area contributed by atoms with E-state index in [0.717, 1.165) is 6.42 Å². The van der Waals surface area contributed by atoms with E-state index in [4.69, 9.17) is 0 Å². The Morgan fingerprint density at radius 3 is 2.72 bits per heavy atom. The zero-order valence-electron chi connectivity index (χ0n) is 10.3. The molecule has 2 amide bonds. The molecule has 0 radical (unpaired) electrons. The molecule has 0 aliphatic carbocycles. The van der Waals surface area contributed by atoms with E-state index in [9.17, 15) is 14.0 Å². The van der Waals surface area contributed by atoms with E-state index in [-0.39, 0.29) is 35.9 Å². The number of imide groups is 1. The summed E-state index contributed by atoms with van der Waals surface area (Å²) in [7, 11) is 0. The Morgan fingerprint density at radius 1 is 1.33 bits per heavy atom. The molecule has 1 N–H and O–H groups in total. The van der Waals surface area contributed by atoms with Crippen LogP contribution in [0.4, 0.5) is 4.39 Å². The van der Waals surface area contributed by atoms with Gasteiger partial charge in [0.2, 0.25) is 11.8 Å². The van der Waals surface area contributed by atoms with Crippen LogP contribution in [0.15, 0.2) is 24.3 Å². The minimum Gasteiger partial charge on any atom is -0.296 e. The predicted octanol–water partition coefficient (Wildman–Crippen LogP) is 2.37. The molecule has 0 aromatic heterocycles. The highest BCUT2D eigenvalue weighted by Gasteiger charge is 2.37. The summed E-state index contributed by atoms with van der Waals surface area (Å²) in [5.41, 5.74) is 0.471. The summed E-state index contributed by atoms with van der Waals surface area (Å²) in [6.45, 7) is 1.97. The standard InChI is InChI=1S/C14H16FNO2/c1-2-5-10-11(8-13(17)16-14(10)18)9-6-3-4-7-12(9)15/h3-4,6-7,10-11H,2,5,8H2,1H3,(H,16,17,18). The minimum absolute atomic E-state index is 0.178. The molecule has 2 rings (SSSR count). The number of carbonyl (C=O) groups is 2. The van der Waals surface area contributed by atoms with Crippen LogP contribution in [0.5, 0.6) is 0 Å². The van der Waals surface area contributed by atoms with Gasteiger partial charge in [-0.3, -0.25) is 14.9 Å². The summed E-state index contributed by atoms with van der Waals surface area (Å²) in [6, 6.07) is 6.38. The molecule has 96 valence electrons. The Bertz CT molecular complexity index is 473. The lowest BCUT2D eigenvalue weighted by molar-refractivity contribution is -0.137. The first kappa shape index (κ1) is 12.7. The fourth-order valence-electron chi connectivity index (χ4n) is 2.55. The number of halogens is 1. The van der Waals surface area contributed by atoms with E-state index in [2.05, 4.69) is 5.32 Å². The average Bonchev–Trinajstić information content (AvgIpc) is 2.33. The van der Waals surface area contributed by atoms with E-state index in [1.54, 1.807) is 18.2 Å². The highest BCUT2D eigenvalue weighted by atomic mass is 19.1. The van der Waals surface area contributed by atoms with Crippen molar-refractivity contribution in [2.45, 2.75) is 32.1 Å². The Kier molecular flexibility index (Phi) is 3.75. The van der Waals surface area contributed by atoms with Gasteiger partial charge in [-0.25, -0.2) is 4.39 Å². The number of benzene rings is 1. The monoisotopic (exact) mass is 249 g/mol. The molecule has 4 heteroatoms. The molecule has 1 aromatic carbocycles. The summed E-state index contributed by atoms with van der Waals surface area (Å²) in [5.74, 6) is -1.59. The van der Waals surface area contributed by atoms with Gasteiger partial charge in [-0.05, 0) is 18.1 Å². The van der Waals surface area contributed by atoms with E-state index >= 15 is 0 Å². The fourth-order valence-corrected chi connectivity index (χ4v) is 2.55. The summed E-state index contributed by atoms with van der Waals surface area (Å²) in [5, 5.41) is 2.33. The van der Waals surface area contributed by atoms with Crippen LogP contribution in [0.25, 0.3) is 0 Å². The molecule has 2 atom stereocenters. The van der Waals surface area contributed by atoms with E-state index in [1.165, 1.54) is 6.07 Å². The Labute approximate surface area is 105 Å². The molecule has 2 unspecified atom stereocenters. The average molecular weight is 249 g/mol. The van der Waals surface area contributed by atoms with Crippen LogP contribution in [0, 0.1) is 11.7 Å². The van der Waals surface area contributed by atoms with Gasteiger partial charge in [0.15, 0.2) is 0 Å². The second-order valence-corrected chi connectivity index (χ2v) is 4.64. The molecule has 0 bridgehead atoms. The number of hydrogen-bond donors (Lipinski definition) is 1. The highest BCUT2D eigenvalue weighted by molar-refractivity contribution is 5.99. The van der Waals surface area contributed by atoms with Crippen LogP contribution in [-0.4, -0.2) is 11.8 Å². The number of carbonyl (C=O) groups excluding carboxylic acids is 2. The van der Waals surface area contributed by atoms with Gasteiger partial charge in [-0.1, -0.05) is 31.5 Å². The molecule has 1 saturated heterocycles. The van der Waals surface area contributed by atoms with Crippen molar-refractivity contribution in [2.24, 2.45) is 5.92 Å². The second kappa shape index (κ2) is 5.29. The highest BCUT2D eigenvalue weighted by Crippen LogP contribution is 2.35. The van der Waals surface area contributed by atoms with E-state index < -0.39 is 0 Å². The Hall–Kier alpha value is -1.71. The van der Waals surface area contributed by atoms with Gasteiger partial charge in [0.1, 0.15) is 5.82 Å². The molecule has 1 heterocycles. The lowest BCUT2D eigenvalue weighted by Gasteiger charge is -2.30. The number of nitrogens with one attached hydrogen (secondary N) is 1. The van der Waals surface area contributed by atoms with Gasteiger partial charge < -0.3 is 0 Å². The van der Waals surface area contributed by atoms with Gasteiger partial charge in [-0.15, -0.1) is 0 Å². The maximum Gasteiger partial charge on any atom is 0.230 e. The lowest BCUT2D eigenvalue weighted by Crippen LogP contribution is -2.44. The third-order valence-corrected chi connectivity index (χ3v) is 3.39. The molecule has 1 aromatic rings. The maximum atomic E-state index is 13.8. The molecular formula is C14H16FNO2. The Morgan fingerprint density at radius 2 is 2.06 bits per heavy atom. The second-order valence-electron chi connectivity index (χ2n) is 4.64. The number of piperidine rings is 1. The molecule has 0 spiro atoms. The van der Waals surface area contributed by atoms with Crippen LogP contribution in [0.1, 0.15) is 37.7 Å². The maximum absolute atomic E-state index is 13.8. The quantitative estimate of drug-likeness (QED) is 0.836. The first-order chi connectivity index (χ1) is 8.63. The summed E-state index contributed by atoms with van der Waals surface area (Å²) >= 11 is 0. The van der Waals surface area contributed by atoms with Gasteiger partial charge in [0, 0.05) is 18.3 Å². The minimum atomic E-state index is -0.342. The van der Waals surface area contributed by atoms with Crippen molar-refractivity contribution in [1.29, 1.82) is 0 Å². The number of rotatable bonds is 3. The summed E-state index contributed by atoms with van der Waals surface area (Å²) < 4.78 is 13.8. The largest absolute Gasteiger partial charge is 0.296 e. The van der Waals surface area contributed by atoms with Gasteiger partial charge in [0.25, 0.3) is 0 Å². The van der Waals surface area contributed by atoms with Gasteiger partial charge in [0.05, 0.1) is 0 Å². The molecule has 18 heavy (non-hydrogen) atoms. The van der Waals surface area contributed by atoms with Gasteiger partial charge in [-0.2, -0.15) is 0 Å². The first-order valence-electron chi connectivity index (χ1n) is 6.21. The topological polar surface area (TPSA) is 46.2 Å². The van der Waals surface area contributed by atoms with Crippen LogP contribution in [0.2, 0.25) is 0 Å². The van der Waals surface area contributed by atoms with Crippen LogP contribution >= 0.6 is 0 Å². The van der Waals surface area contributed by atoms with Crippen LogP contribution in [0.3, 0.4) is 0 Å². The lowest BCUT2D eigenvalue weighted by atomic mass is 9.78. The van der Waals surface area contributed by atoms with Gasteiger partial charge >= 0.3 is 0 Å². The molecule has 1 fully saturated rings. The summed E-state index contributed by atoms with van der Waals surface area (Å²) in [6.07, 6.45) is 1.67. The third-order valence-electron chi connectivity index (χ3n) is 3.39. The first-order valence-corrected chi connectivity index (χ1v) is 6.21. The molecule has 1 aliphatic rings. The van der Waals surface area contributed by atoms with Crippen molar-refractivity contribution in [3.05, 3.63) is 35.6 Å². The third kappa shape index (κ3) is 2.42. The van der Waals surface area contributed by atoms with Crippen molar-refractivity contribution in [1.82, 2.24) is 5.32 Å². The molecule has 1 aliphatic heterocycles.